The van der Waals surface area contributed by atoms with E-state index < -0.39 is 5.41 Å². The molecule has 6 nitrogen and oxygen atoms in total. The summed E-state index contributed by atoms with van der Waals surface area (Å²) in [6.07, 6.45) is 5.43. The quantitative estimate of drug-likeness (QED) is 0.521. The summed E-state index contributed by atoms with van der Waals surface area (Å²) < 4.78 is 22.4. The molecular weight excluding hydrogens is 348 g/mol. The molecule has 6 atom stereocenters. The Labute approximate surface area is 161 Å². The van der Waals surface area contributed by atoms with Crippen LogP contribution in [0.15, 0.2) is 0 Å². The van der Waals surface area contributed by atoms with Gasteiger partial charge in [-0.3, -0.25) is 9.59 Å². The maximum atomic E-state index is 12.4. The second-order valence-electron chi connectivity index (χ2n) is 10.2. The van der Waals surface area contributed by atoms with E-state index in [1.165, 1.54) is 0 Å². The van der Waals surface area contributed by atoms with Gasteiger partial charge in [0.25, 0.3) is 0 Å². The zero-order valence-electron chi connectivity index (χ0n) is 16.9. The van der Waals surface area contributed by atoms with Crippen LogP contribution in [-0.4, -0.2) is 48.6 Å². The molecule has 2 heterocycles. The summed E-state index contributed by atoms with van der Waals surface area (Å²) in [6.45, 7) is 8.65. The molecule has 4 fully saturated rings. The summed E-state index contributed by atoms with van der Waals surface area (Å²) in [4.78, 5) is 24.7. The molecule has 0 amide bonds. The fraction of sp³-hybridized carbons (Fsp3) is 0.905. The molecular formula is C21H32O6. The van der Waals surface area contributed by atoms with Gasteiger partial charge in [0.15, 0.2) is 0 Å². The number of carbonyl (C=O) groups excluding carboxylic acids is 2. The molecule has 0 spiro atoms. The largest absolute Gasteiger partial charge is 0.465 e. The van der Waals surface area contributed by atoms with Crippen molar-refractivity contribution in [1.82, 2.24) is 0 Å². The number of rotatable bonds is 6. The number of ether oxygens (including phenoxy) is 4. The van der Waals surface area contributed by atoms with Crippen molar-refractivity contribution < 1.29 is 28.5 Å². The molecule has 2 saturated carbocycles. The molecule has 6 heteroatoms. The van der Waals surface area contributed by atoms with Crippen molar-refractivity contribution in [3.05, 3.63) is 0 Å². The predicted octanol–water partition coefficient (Wildman–Crippen LogP) is 3.01. The highest BCUT2D eigenvalue weighted by Crippen LogP contribution is 2.50. The topological polar surface area (TPSA) is 77.7 Å². The fourth-order valence-electron chi connectivity index (χ4n) is 4.53. The standard InChI is InChI=1S/C21H32O6/c1-19(2,11-24-17(22)13-5-7-20(3)15(9-13)26-20)12-25-18(23)14-6-8-21(4)16(10-14)27-21/h13-16H,5-12H2,1-4H3/t13?,14?,15-,16?,20?,21?/m0/s1. The highest BCUT2D eigenvalue weighted by Gasteiger charge is 2.57. The molecule has 0 aromatic rings. The first-order chi connectivity index (χ1) is 12.6. The molecule has 0 radical (unpaired) electrons. The van der Waals surface area contributed by atoms with Crippen molar-refractivity contribution in [2.45, 2.75) is 89.6 Å². The van der Waals surface area contributed by atoms with Crippen molar-refractivity contribution >= 4 is 11.9 Å². The van der Waals surface area contributed by atoms with Gasteiger partial charge < -0.3 is 18.9 Å². The lowest BCUT2D eigenvalue weighted by Gasteiger charge is -2.27. The van der Waals surface area contributed by atoms with Gasteiger partial charge >= 0.3 is 11.9 Å². The predicted molar refractivity (Wildman–Crippen MR) is 96.9 cm³/mol. The minimum absolute atomic E-state index is 0.00627. The first-order valence-corrected chi connectivity index (χ1v) is 10.3. The fourth-order valence-corrected chi connectivity index (χ4v) is 4.53. The maximum Gasteiger partial charge on any atom is 0.309 e. The summed E-state index contributed by atoms with van der Waals surface area (Å²) in [7, 11) is 0. The van der Waals surface area contributed by atoms with Crippen molar-refractivity contribution in [2.75, 3.05) is 13.2 Å². The Morgan fingerprint density at radius 1 is 0.889 bits per heavy atom. The number of carbonyl (C=O) groups is 2. The van der Waals surface area contributed by atoms with Crippen LogP contribution in [0.2, 0.25) is 0 Å². The minimum atomic E-state index is -0.399. The lowest BCUT2D eigenvalue weighted by atomic mass is 9.83. The zero-order chi connectivity index (χ0) is 19.4. The van der Waals surface area contributed by atoms with Crippen molar-refractivity contribution in [3.8, 4) is 0 Å². The van der Waals surface area contributed by atoms with Gasteiger partial charge in [0.1, 0.15) is 0 Å². The van der Waals surface area contributed by atoms with Crippen LogP contribution in [0.3, 0.4) is 0 Å². The summed E-state index contributed by atoms with van der Waals surface area (Å²) in [5.74, 6) is -0.438. The molecule has 2 aliphatic heterocycles. The van der Waals surface area contributed by atoms with Crippen LogP contribution in [0.25, 0.3) is 0 Å². The van der Waals surface area contributed by atoms with Gasteiger partial charge in [-0.15, -0.1) is 0 Å². The lowest BCUT2D eigenvalue weighted by molar-refractivity contribution is -0.158. The van der Waals surface area contributed by atoms with Gasteiger partial charge in [0, 0.05) is 5.41 Å². The van der Waals surface area contributed by atoms with Gasteiger partial charge in [-0.1, -0.05) is 13.8 Å². The average Bonchev–Trinajstić information content (AvgIpc) is 3.49. The number of esters is 2. The Balaban J connectivity index is 1.17. The molecule has 0 aromatic heterocycles. The molecule has 2 aliphatic carbocycles. The van der Waals surface area contributed by atoms with Crippen LogP contribution in [0.5, 0.6) is 0 Å². The van der Waals surface area contributed by atoms with E-state index in [2.05, 4.69) is 13.8 Å². The lowest BCUT2D eigenvalue weighted by Crippen LogP contribution is -2.34. The monoisotopic (exact) mass is 380 g/mol. The summed E-state index contributed by atoms with van der Waals surface area (Å²) >= 11 is 0. The van der Waals surface area contributed by atoms with E-state index in [1.54, 1.807) is 0 Å². The molecule has 2 saturated heterocycles. The first-order valence-electron chi connectivity index (χ1n) is 10.3. The van der Waals surface area contributed by atoms with E-state index in [9.17, 15) is 9.59 Å². The third-order valence-corrected chi connectivity index (χ3v) is 6.92. The zero-order valence-corrected chi connectivity index (χ0v) is 16.9. The van der Waals surface area contributed by atoms with Gasteiger partial charge in [0.2, 0.25) is 0 Å². The molecule has 4 rings (SSSR count). The Morgan fingerprint density at radius 2 is 1.30 bits per heavy atom. The molecule has 5 unspecified atom stereocenters. The van der Waals surface area contributed by atoms with Gasteiger partial charge in [-0.25, -0.2) is 0 Å². The molecule has 0 N–H and O–H groups in total. The van der Waals surface area contributed by atoms with Crippen LogP contribution in [0, 0.1) is 17.3 Å². The molecule has 4 aliphatic rings. The minimum Gasteiger partial charge on any atom is -0.465 e. The number of hydrogen-bond acceptors (Lipinski definition) is 6. The van der Waals surface area contributed by atoms with Crippen molar-refractivity contribution in [1.29, 1.82) is 0 Å². The van der Waals surface area contributed by atoms with Gasteiger partial charge in [0.05, 0.1) is 48.5 Å². The summed E-state index contributed by atoms with van der Waals surface area (Å²) in [5, 5.41) is 0. The van der Waals surface area contributed by atoms with Crippen LogP contribution < -0.4 is 0 Å². The van der Waals surface area contributed by atoms with Crippen LogP contribution in [-0.2, 0) is 28.5 Å². The number of fused-ring (bicyclic) bond motifs is 2. The highest BCUT2D eigenvalue weighted by atomic mass is 16.6. The van der Waals surface area contributed by atoms with Crippen LogP contribution in [0.1, 0.15) is 66.2 Å². The Bertz CT molecular complexity index is 578. The second-order valence-corrected chi connectivity index (χ2v) is 10.2. The van der Waals surface area contributed by atoms with Crippen LogP contribution in [0.4, 0.5) is 0 Å². The normalized spacial score (nSPS) is 42.5. The van der Waals surface area contributed by atoms with E-state index in [4.69, 9.17) is 18.9 Å². The number of hydrogen-bond donors (Lipinski definition) is 0. The highest BCUT2D eigenvalue weighted by molar-refractivity contribution is 5.73. The van der Waals surface area contributed by atoms with Crippen molar-refractivity contribution in [2.24, 2.45) is 17.3 Å². The van der Waals surface area contributed by atoms with Crippen LogP contribution >= 0.6 is 0 Å². The molecule has 0 bridgehead atoms. The first kappa shape index (κ1) is 19.2. The van der Waals surface area contributed by atoms with Gasteiger partial charge in [-0.2, -0.15) is 0 Å². The van der Waals surface area contributed by atoms with E-state index in [-0.39, 0.29) is 60.4 Å². The van der Waals surface area contributed by atoms with Gasteiger partial charge in [-0.05, 0) is 52.4 Å². The average molecular weight is 380 g/mol. The molecule has 152 valence electrons. The Kier molecular flexibility index (Phi) is 4.58. The third-order valence-electron chi connectivity index (χ3n) is 6.92. The molecule has 27 heavy (non-hydrogen) atoms. The SMILES string of the molecule is CC(C)(COC(=O)C1CCC2(C)OC2C1)COC(=O)C1CCC2(C)O[C@H]2C1. The second kappa shape index (κ2) is 6.45. The maximum absolute atomic E-state index is 12.4. The smallest absolute Gasteiger partial charge is 0.309 e. The molecule has 0 aromatic carbocycles. The Hall–Kier alpha value is -1.14. The van der Waals surface area contributed by atoms with E-state index in [1.807, 2.05) is 13.8 Å². The van der Waals surface area contributed by atoms with E-state index in [0.29, 0.717) is 0 Å². The van der Waals surface area contributed by atoms with E-state index in [0.717, 1.165) is 38.5 Å². The summed E-state index contributed by atoms with van der Waals surface area (Å²) in [6, 6.07) is 0. The van der Waals surface area contributed by atoms with E-state index >= 15 is 0 Å². The summed E-state index contributed by atoms with van der Waals surface area (Å²) in [5.41, 5.74) is -0.386. The Morgan fingerprint density at radius 3 is 1.67 bits per heavy atom. The third kappa shape index (κ3) is 4.02. The van der Waals surface area contributed by atoms with Crippen molar-refractivity contribution in [3.63, 3.8) is 0 Å². The number of epoxide rings is 2.